The topological polar surface area (TPSA) is 57.7 Å². The largest absolute Gasteiger partial charge is 0.372 e. The quantitative estimate of drug-likeness (QED) is 0.873. The maximum atomic E-state index is 9.26. The smallest absolute Gasteiger partial charge is 0.186 e. The molecule has 1 aliphatic heterocycles. The monoisotopic (exact) mass is 293 g/mol. The predicted molar refractivity (Wildman–Crippen MR) is 84.1 cm³/mol. The Morgan fingerprint density at radius 1 is 1.00 bits per heavy atom. The van der Waals surface area contributed by atoms with Crippen LogP contribution in [0.5, 0.6) is 0 Å². The van der Waals surface area contributed by atoms with E-state index >= 15 is 0 Å². The van der Waals surface area contributed by atoms with Gasteiger partial charge in [-0.25, -0.2) is 4.68 Å². The van der Waals surface area contributed by atoms with E-state index in [2.05, 4.69) is 45.5 Å². The Bertz CT molecular complexity index is 700. The van der Waals surface area contributed by atoms with Gasteiger partial charge in [-0.15, -0.1) is 5.10 Å². The Kier molecular flexibility index (Phi) is 3.30. The fraction of sp³-hybridized carbons (Fsp3) is 0.471. The third-order valence-corrected chi connectivity index (χ3v) is 4.87. The van der Waals surface area contributed by atoms with Gasteiger partial charge in [0.15, 0.2) is 5.69 Å². The summed E-state index contributed by atoms with van der Waals surface area (Å²) in [6.45, 7) is 2.29. The van der Waals surface area contributed by atoms with Gasteiger partial charge in [-0.05, 0) is 49.9 Å². The van der Waals surface area contributed by atoms with Gasteiger partial charge in [-0.3, -0.25) is 0 Å². The molecular formula is C17H19N5. The van der Waals surface area contributed by atoms with E-state index in [-0.39, 0.29) is 0 Å². The lowest BCUT2D eigenvalue weighted by molar-refractivity contribution is 0.402. The molecule has 0 spiro atoms. The summed E-state index contributed by atoms with van der Waals surface area (Å²) in [5, 5.41) is 17.5. The van der Waals surface area contributed by atoms with E-state index in [1.54, 1.807) is 0 Å². The lowest BCUT2D eigenvalue weighted by Gasteiger charge is -2.26. The number of anilines is 1. The Balaban J connectivity index is 1.67. The van der Waals surface area contributed by atoms with Crippen molar-refractivity contribution in [2.75, 3.05) is 18.0 Å². The van der Waals surface area contributed by atoms with Crippen molar-refractivity contribution in [1.29, 1.82) is 5.26 Å². The molecule has 1 saturated heterocycles. The molecule has 1 aromatic carbocycles. The highest BCUT2D eigenvalue weighted by Gasteiger charge is 2.28. The summed E-state index contributed by atoms with van der Waals surface area (Å²) in [6.07, 6.45) is 6.06. The van der Waals surface area contributed by atoms with Gasteiger partial charge < -0.3 is 4.90 Å². The van der Waals surface area contributed by atoms with E-state index in [9.17, 15) is 5.26 Å². The van der Waals surface area contributed by atoms with Crippen LogP contribution in [0.2, 0.25) is 0 Å². The number of hydrogen-bond donors (Lipinski definition) is 0. The molecule has 4 rings (SSSR count). The van der Waals surface area contributed by atoms with Crippen LogP contribution in [-0.4, -0.2) is 28.1 Å². The molecule has 0 bridgehead atoms. The molecule has 0 unspecified atom stereocenters. The van der Waals surface area contributed by atoms with Gasteiger partial charge in [0.05, 0.1) is 11.4 Å². The molecule has 1 saturated carbocycles. The predicted octanol–water partition coefficient (Wildman–Crippen LogP) is 3.01. The Labute approximate surface area is 130 Å². The molecule has 22 heavy (non-hydrogen) atoms. The molecule has 5 nitrogen and oxygen atoms in total. The summed E-state index contributed by atoms with van der Waals surface area (Å²) in [6, 6.07) is 10.7. The zero-order chi connectivity index (χ0) is 14.9. The van der Waals surface area contributed by atoms with Crippen LogP contribution in [0.1, 0.15) is 49.4 Å². The van der Waals surface area contributed by atoms with E-state index in [1.807, 2.05) is 4.68 Å². The summed E-state index contributed by atoms with van der Waals surface area (Å²) in [4.78, 5) is 2.42. The van der Waals surface area contributed by atoms with Crippen LogP contribution in [0.25, 0.3) is 5.69 Å². The summed E-state index contributed by atoms with van der Waals surface area (Å²) in [7, 11) is 0. The second kappa shape index (κ2) is 5.45. The van der Waals surface area contributed by atoms with Crippen LogP contribution in [0.3, 0.4) is 0 Å². The number of aromatic nitrogens is 3. The number of hydrogen-bond acceptors (Lipinski definition) is 4. The minimum Gasteiger partial charge on any atom is -0.372 e. The Morgan fingerprint density at radius 3 is 2.27 bits per heavy atom. The lowest BCUT2D eigenvalue weighted by Crippen LogP contribution is -2.18. The molecule has 0 amide bonds. The van der Waals surface area contributed by atoms with Crippen molar-refractivity contribution in [2.24, 2.45) is 0 Å². The molecule has 2 aromatic rings. The Hall–Kier alpha value is -2.35. The molecule has 1 aromatic heterocycles. The van der Waals surface area contributed by atoms with Gasteiger partial charge >= 0.3 is 0 Å². The minimum absolute atomic E-state index is 0.433. The summed E-state index contributed by atoms with van der Waals surface area (Å²) < 4.78 is 1.86. The standard InChI is InChI=1S/C17H19N5/c18-12-16-17(13-4-3-5-13)22(20-19-16)15-8-6-14(7-9-15)21-10-1-2-11-21/h6-9,13H,1-5,10-11H2. The highest BCUT2D eigenvalue weighted by Crippen LogP contribution is 2.38. The number of nitrogens with zero attached hydrogens (tertiary/aromatic N) is 5. The van der Waals surface area contributed by atoms with Crippen molar-refractivity contribution < 1.29 is 0 Å². The third kappa shape index (κ3) is 2.16. The van der Waals surface area contributed by atoms with E-state index in [1.165, 1.54) is 24.9 Å². The van der Waals surface area contributed by atoms with Gasteiger partial charge in [-0.2, -0.15) is 5.26 Å². The van der Waals surface area contributed by atoms with E-state index < -0.39 is 0 Å². The van der Waals surface area contributed by atoms with Crippen molar-refractivity contribution in [3.8, 4) is 11.8 Å². The number of rotatable bonds is 3. The first-order valence-electron chi connectivity index (χ1n) is 8.08. The normalized spacial score (nSPS) is 18.2. The molecular weight excluding hydrogens is 274 g/mol. The third-order valence-electron chi connectivity index (χ3n) is 4.87. The number of nitriles is 1. The molecule has 2 fully saturated rings. The molecule has 0 N–H and O–H groups in total. The maximum Gasteiger partial charge on any atom is 0.186 e. The Morgan fingerprint density at radius 2 is 1.68 bits per heavy atom. The summed E-state index contributed by atoms with van der Waals surface area (Å²) in [5.74, 6) is 0.433. The average Bonchev–Trinajstić information content (AvgIpc) is 3.15. The first-order chi connectivity index (χ1) is 10.9. The van der Waals surface area contributed by atoms with E-state index in [0.29, 0.717) is 11.6 Å². The van der Waals surface area contributed by atoms with Crippen LogP contribution < -0.4 is 4.90 Å². The second-order valence-corrected chi connectivity index (χ2v) is 6.19. The highest BCUT2D eigenvalue weighted by atomic mass is 15.4. The first-order valence-corrected chi connectivity index (χ1v) is 8.08. The molecule has 1 aliphatic carbocycles. The van der Waals surface area contributed by atoms with Crippen LogP contribution >= 0.6 is 0 Å². The van der Waals surface area contributed by atoms with Gasteiger partial charge in [0, 0.05) is 24.7 Å². The van der Waals surface area contributed by atoms with Crippen molar-refractivity contribution in [3.63, 3.8) is 0 Å². The fourth-order valence-corrected chi connectivity index (χ4v) is 3.39. The van der Waals surface area contributed by atoms with Gasteiger partial charge in [0.2, 0.25) is 0 Å². The summed E-state index contributed by atoms with van der Waals surface area (Å²) >= 11 is 0. The fourth-order valence-electron chi connectivity index (χ4n) is 3.39. The van der Waals surface area contributed by atoms with E-state index in [4.69, 9.17) is 0 Å². The zero-order valence-corrected chi connectivity index (χ0v) is 12.6. The minimum atomic E-state index is 0.433. The van der Waals surface area contributed by atoms with Crippen molar-refractivity contribution in [1.82, 2.24) is 15.0 Å². The van der Waals surface area contributed by atoms with Crippen molar-refractivity contribution >= 4 is 5.69 Å². The van der Waals surface area contributed by atoms with Gasteiger partial charge in [0.1, 0.15) is 6.07 Å². The van der Waals surface area contributed by atoms with Crippen LogP contribution in [0.4, 0.5) is 5.69 Å². The maximum absolute atomic E-state index is 9.26. The lowest BCUT2D eigenvalue weighted by atomic mass is 9.82. The molecule has 2 heterocycles. The molecule has 0 atom stereocenters. The first kappa shape index (κ1) is 13.3. The van der Waals surface area contributed by atoms with Gasteiger partial charge in [0.25, 0.3) is 0 Å². The average molecular weight is 293 g/mol. The van der Waals surface area contributed by atoms with E-state index in [0.717, 1.165) is 37.3 Å². The highest BCUT2D eigenvalue weighted by molar-refractivity contribution is 5.52. The zero-order valence-electron chi connectivity index (χ0n) is 12.6. The molecule has 5 heteroatoms. The molecule has 112 valence electrons. The van der Waals surface area contributed by atoms with Crippen LogP contribution in [0, 0.1) is 11.3 Å². The number of benzene rings is 1. The molecule has 0 radical (unpaired) electrons. The van der Waals surface area contributed by atoms with Crippen LogP contribution in [0.15, 0.2) is 24.3 Å². The molecule has 2 aliphatic rings. The van der Waals surface area contributed by atoms with Gasteiger partial charge in [-0.1, -0.05) is 11.6 Å². The van der Waals surface area contributed by atoms with Crippen molar-refractivity contribution in [3.05, 3.63) is 35.7 Å². The van der Waals surface area contributed by atoms with Crippen molar-refractivity contribution in [2.45, 2.75) is 38.0 Å². The second-order valence-electron chi connectivity index (χ2n) is 6.19. The van der Waals surface area contributed by atoms with Crippen LogP contribution in [-0.2, 0) is 0 Å². The summed E-state index contributed by atoms with van der Waals surface area (Å²) in [5.41, 5.74) is 3.74. The SMILES string of the molecule is N#Cc1nnn(-c2ccc(N3CCCC3)cc2)c1C1CCC1.